The Kier molecular flexibility index (Phi) is 7.15. The molecule has 1 aliphatic rings. The lowest BCUT2D eigenvalue weighted by Crippen LogP contribution is -2.55. The highest BCUT2D eigenvalue weighted by Crippen LogP contribution is 2.27. The number of aromatic nitrogens is 1. The molecule has 1 aromatic carbocycles. The molecule has 1 fully saturated rings. The second-order valence-electron chi connectivity index (χ2n) is 9.47. The fourth-order valence-corrected chi connectivity index (χ4v) is 5.19. The van der Waals surface area contributed by atoms with Gasteiger partial charge in [-0.15, -0.1) is 0 Å². The molecule has 32 heavy (non-hydrogen) atoms. The fraction of sp³-hybridized carbons (Fsp3) is 0.435. The lowest BCUT2D eigenvalue weighted by molar-refractivity contribution is 0.0827. The maximum atomic E-state index is 12.9. The molecule has 172 valence electrons. The molecule has 0 unspecified atom stereocenters. The van der Waals surface area contributed by atoms with Crippen molar-refractivity contribution in [2.75, 3.05) is 43.9 Å². The van der Waals surface area contributed by atoms with Crippen molar-refractivity contribution < 1.29 is 9.59 Å². The zero-order valence-corrected chi connectivity index (χ0v) is 21.4. The predicted octanol–water partition coefficient (Wildman–Crippen LogP) is 3.72. The summed E-state index contributed by atoms with van der Waals surface area (Å²) in [6.45, 7) is 10.7. The van der Waals surface area contributed by atoms with E-state index >= 15 is 0 Å². The maximum absolute atomic E-state index is 12.9. The number of anilines is 2. The van der Waals surface area contributed by atoms with Crippen LogP contribution >= 0.6 is 11.6 Å². The van der Waals surface area contributed by atoms with Gasteiger partial charge < -0.3 is 20.0 Å². The van der Waals surface area contributed by atoms with Gasteiger partial charge in [-0.1, -0.05) is 48.6 Å². The van der Waals surface area contributed by atoms with Gasteiger partial charge >= 0.3 is 6.03 Å². The van der Waals surface area contributed by atoms with E-state index in [2.05, 4.69) is 47.0 Å². The number of halogens is 1. The highest BCUT2D eigenvalue weighted by atomic mass is 35.5. The van der Waals surface area contributed by atoms with E-state index in [0.29, 0.717) is 36.0 Å². The number of hydrogen-bond acceptors (Lipinski definition) is 4. The SMILES string of the molecule is C[C@@H]1CN(c2ncc(C(=O)N(C)C)cc2Cl)CCN1C(=O)Nc1ccc([Si](C)(C)C)cc1. The minimum absolute atomic E-state index is 0.0223. The number of urea groups is 1. The summed E-state index contributed by atoms with van der Waals surface area (Å²) in [5, 5.41) is 4.81. The molecular weight excluding hydrogens is 442 g/mol. The smallest absolute Gasteiger partial charge is 0.322 e. The first-order valence-corrected chi connectivity index (χ1v) is 14.7. The second kappa shape index (κ2) is 9.50. The molecule has 9 heteroatoms. The first-order valence-electron chi connectivity index (χ1n) is 10.8. The van der Waals surface area contributed by atoms with Crippen molar-refractivity contribution in [2.24, 2.45) is 0 Å². The van der Waals surface area contributed by atoms with Crippen molar-refractivity contribution in [2.45, 2.75) is 32.6 Å². The molecule has 1 N–H and O–H groups in total. The van der Waals surface area contributed by atoms with Gasteiger partial charge in [-0.2, -0.15) is 0 Å². The average Bonchev–Trinajstić information content (AvgIpc) is 2.72. The number of hydrogen-bond donors (Lipinski definition) is 1. The van der Waals surface area contributed by atoms with Gasteiger partial charge in [-0.25, -0.2) is 9.78 Å². The van der Waals surface area contributed by atoms with E-state index in [1.807, 2.05) is 24.0 Å². The normalized spacial score (nSPS) is 16.7. The minimum Gasteiger partial charge on any atom is -0.352 e. The molecule has 7 nitrogen and oxygen atoms in total. The van der Waals surface area contributed by atoms with E-state index in [0.717, 1.165) is 5.69 Å². The van der Waals surface area contributed by atoms with Crippen molar-refractivity contribution in [3.8, 4) is 0 Å². The van der Waals surface area contributed by atoms with Gasteiger partial charge in [0.05, 0.1) is 18.7 Å². The van der Waals surface area contributed by atoms with Crippen LogP contribution in [0.25, 0.3) is 0 Å². The quantitative estimate of drug-likeness (QED) is 0.687. The minimum atomic E-state index is -1.37. The van der Waals surface area contributed by atoms with Crippen molar-refractivity contribution in [3.05, 3.63) is 47.1 Å². The Morgan fingerprint density at radius 1 is 1.16 bits per heavy atom. The molecule has 0 aliphatic carbocycles. The lowest BCUT2D eigenvalue weighted by atomic mass is 10.2. The van der Waals surface area contributed by atoms with Gasteiger partial charge in [0, 0.05) is 51.7 Å². The van der Waals surface area contributed by atoms with Crippen LogP contribution in [0.4, 0.5) is 16.3 Å². The number of pyridine rings is 1. The molecule has 1 atom stereocenters. The molecule has 2 heterocycles. The third kappa shape index (κ3) is 5.42. The number of benzene rings is 1. The predicted molar refractivity (Wildman–Crippen MR) is 134 cm³/mol. The van der Waals surface area contributed by atoms with Crippen LogP contribution < -0.4 is 15.4 Å². The first-order chi connectivity index (χ1) is 15.0. The van der Waals surface area contributed by atoms with Crippen molar-refractivity contribution in [3.63, 3.8) is 0 Å². The van der Waals surface area contributed by atoms with Crippen LogP contribution in [-0.4, -0.2) is 74.6 Å². The standard InChI is InChI=1S/C23H32ClN5O2Si/c1-16-15-28(21-20(24)13-17(14-25-21)22(30)27(2)3)11-12-29(16)23(31)26-18-7-9-19(10-8-18)32(4,5)6/h7-10,13-14,16H,11-12,15H2,1-6H3,(H,26,31)/t16-/m1/s1. The van der Waals surface area contributed by atoms with E-state index in [9.17, 15) is 9.59 Å². The molecule has 1 aliphatic heterocycles. The van der Waals surface area contributed by atoms with Gasteiger partial charge in [0.15, 0.2) is 0 Å². The third-order valence-electron chi connectivity index (χ3n) is 5.66. The van der Waals surface area contributed by atoms with Crippen LogP contribution in [0.5, 0.6) is 0 Å². The molecule has 0 spiro atoms. The van der Waals surface area contributed by atoms with Gasteiger partial charge in [0.25, 0.3) is 5.91 Å². The highest BCUT2D eigenvalue weighted by Gasteiger charge is 2.29. The topological polar surface area (TPSA) is 68.8 Å². The Bertz CT molecular complexity index is 991. The van der Waals surface area contributed by atoms with E-state index in [-0.39, 0.29) is 18.0 Å². The Hall–Kier alpha value is -2.58. The number of nitrogens with zero attached hydrogens (tertiary/aromatic N) is 4. The zero-order chi connectivity index (χ0) is 23.6. The largest absolute Gasteiger partial charge is 0.352 e. The monoisotopic (exact) mass is 473 g/mol. The summed E-state index contributed by atoms with van der Waals surface area (Å²) in [5.41, 5.74) is 1.26. The second-order valence-corrected chi connectivity index (χ2v) is 15.0. The molecule has 2 aromatic rings. The Balaban J connectivity index is 1.64. The molecule has 0 bridgehead atoms. The van der Waals surface area contributed by atoms with Crippen LogP contribution in [0.3, 0.4) is 0 Å². The summed E-state index contributed by atoms with van der Waals surface area (Å²) >= 11 is 6.45. The molecule has 0 radical (unpaired) electrons. The van der Waals surface area contributed by atoms with E-state index in [1.165, 1.54) is 10.1 Å². The van der Waals surface area contributed by atoms with Gasteiger partial charge in [0.2, 0.25) is 0 Å². The van der Waals surface area contributed by atoms with Gasteiger partial charge in [0.1, 0.15) is 5.82 Å². The number of amides is 3. The van der Waals surface area contributed by atoms with Gasteiger partial charge in [-0.3, -0.25) is 4.79 Å². The van der Waals surface area contributed by atoms with Crippen molar-refractivity contribution in [1.82, 2.24) is 14.8 Å². The Morgan fingerprint density at radius 2 is 1.81 bits per heavy atom. The summed E-state index contributed by atoms with van der Waals surface area (Å²) in [7, 11) is 2.02. The molecule has 1 aromatic heterocycles. The van der Waals surface area contributed by atoms with Gasteiger partial charge in [-0.05, 0) is 25.1 Å². The Labute approximate surface area is 196 Å². The zero-order valence-electron chi connectivity index (χ0n) is 19.6. The number of piperazine rings is 1. The number of carbonyl (C=O) groups is 2. The van der Waals surface area contributed by atoms with E-state index in [4.69, 9.17) is 11.6 Å². The van der Waals surface area contributed by atoms with Crippen LogP contribution in [0.15, 0.2) is 36.5 Å². The Morgan fingerprint density at radius 3 is 2.34 bits per heavy atom. The third-order valence-corrected chi connectivity index (χ3v) is 8.01. The maximum Gasteiger partial charge on any atom is 0.322 e. The molecular formula is C23H32ClN5O2Si. The summed E-state index contributed by atoms with van der Waals surface area (Å²) in [6.07, 6.45) is 1.55. The average molecular weight is 474 g/mol. The first kappa shape index (κ1) is 24.1. The summed E-state index contributed by atoms with van der Waals surface area (Å²) in [4.78, 5) is 34.8. The van der Waals surface area contributed by atoms with Crippen LogP contribution in [0, 0.1) is 0 Å². The summed E-state index contributed by atoms with van der Waals surface area (Å²) in [6, 6.07) is 9.71. The van der Waals surface area contributed by atoms with Crippen LogP contribution in [0.2, 0.25) is 24.7 Å². The van der Waals surface area contributed by atoms with Crippen LogP contribution in [0.1, 0.15) is 17.3 Å². The number of nitrogens with one attached hydrogen (secondary N) is 1. The fourth-order valence-electron chi connectivity index (χ4n) is 3.74. The van der Waals surface area contributed by atoms with Crippen molar-refractivity contribution in [1.29, 1.82) is 0 Å². The van der Waals surface area contributed by atoms with Crippen molar-refractivity contribution >= 4 is 48.3 Å². The molecule has 0 saturated carbocycles. The summed E-state index contributed by atoms with van der Waals surface area (Å²) in [5.74, 6) is 0.495. The number of rotatable bonds is 4. The molecule has 3 amide bonds. The van der Waals surface area contributed by atoms with E-state index in [1.54, 1.807) is 26.4 Å². The van der Waals surface area contributed by atoms with Crippen LogP contribution in [-0.2, 0) is 0 Å². The lowest BCUT2D eigenvalue weighted by Gasteiger charge is -2.40. The highest BCUT2D eigenvalue weighted by molar-refractivity contribution is 6.88. The molecule has 3 rings (SSSR count). The molecule has 1 saturated heterocycles. The number of carbonyl (C=O) groups excluding carboxylic acids is 2. The van der Waals surface area contributed by atoms with E-state index < -0.39 is 8.07 Å². The summed E-state index contributed by atoms with van der Waals surface area (Å²) < 4.78 is 0.